The predicted octanol–water partition coefficient (Wildman–Crippen LogP) is 0.809. The molecule has 0 saturated carbocycles. The predicted molar refractivity (Wildman–Crippen MR) is 79.1 cm³/mol. The van der Waals surface area contributed by atoms with Gasteiger partial charge in [-0.15, -0.1) is 0 Å². The second-order valence-electron chi connectivity index (χ2n) is 5.52. The third-order valence-corrected chi connectivity index (χ3v) is 5.00. The van der Waals surface area contributed by atoms with Crippen molar-refractivity contribution >= 4 is 23.7 Å². The fourth-order valence-electron chi connectivity index (χ4n) is 2.44. The zero-order chi connectivity index (χ0) is 15.6. The van der Waals surface area contributed by atoms with Gasteiger partial charge in [-0.05, 0) is 25.6 Å². The van der Waals surface area contributed by atoms with Crippen LogP contribution >= 0.6 is 11.8 Å². The Morgan fingerprint density at radius 3 is 2.52 bits per heavy atom. The van der Waals surface area contributed by atoms with Gasteiger partial charge in [-0.3, -0.25) is 10.1 Å². The lowest BCUT2D eigenvalue weighted by Crippen LogP contribution is -2.40. The normalized spacial score (nSPS) is 23.0. The standard InChI is InChI=1S/C12H17N3O5S/c1-12(2,8-13-3-5-20-6-4-13)11-9(14(16)17)7-10(21-11)15(18)19/h7-8,11H,3-6H2,1-2H3. The van der Waals surface area contributed by atoms with Crippen LogP contribution in [0.4, 0.5) is 0 Å². The second kappa shape index (κ2) is 6.02. The van der Waals surface area contributed by atoms with Crippen LogP contribution in [-0.2, 0) is 4.74 Å². The molecule has 9 heteroatoms. The summed E-state index contributed by atoms with van der Waals surface area (Å²) in [6, 6.07) is 0. The number of nitrogens with zero attached hydrogens (tertiary/aromatic N) is 3. The van der Waals surface area contributed by atoms with Crippen molar-refractivity contribution < 1.29 is 19.1 Å². The number of allylic oxidation sites excluding steroid dienone is 1. The molecule has 0 N–H and O–H groups in total. The van der Waals surface area contributed by atoms with Crippen molar-refractivity contribution in [3.63, 3.8) is 0 Å². The van der Waals surface area contributed by atoms with Crippen molar-refractivity contribution in [3.05, 3.63) is 31.6 Å². The Bertz CT molecular complexity index is 529. The maximum absolute atomic E-state index is 11.2. The lowest BCUT2D eigenvalue weighted by Gasteiger charge is -2.25. The molecule has 2 aliphatic rings. The molecule has 116 valence electrons. The molecule has 1 fully saturated rings. The number of morpholine rings is 1. The smallest absolute Gasteiger partial charge is 0.310 e. The molecule has 0 aromatic rings. The van der Waals surface area contributed by atoms with Gasteiger partial charge in [0.05, 0.1) is 16.4 Å². The molecule has 8 nitrogen and oxygen atoms in total. The quantitative estimate of drug-likeness (QED) is 0.330. The van der Waals surface area contributed by atoms with Crippen LogP contribution in [0, 0.1) is 25.9 Å². The monoisotopic (exact) mass is 315 g/mol. The van der Waals surface area contributed by atoms with Crippen LogP contribution in [-0.4, -0.2) is 57.9 Å². The van der Waals surface area contributed by atoms with E-state index >= 15 is 0 Å². The molecule has 0 aliphatic carbocycles. The summed E-state index contributed by atoms with van der Waals surface area (Å²) in [6.45, 7) is 6.41. The van der Waals surface area contributed by atoms with Crippen molar-refractivity contribution in [2.45, 2.75) is 19.1 Å². The molecule has 2 heterocycles. The molecule has 2 aliphatic heterocycles. The molecule has 2 rings (SSSR count). The summed E-state index contributed by atoms with van der Waals surface area (Å²) in [7, 11) is 0. The first-order valence-electron chi connectivity index (χ1n) is 6.53. The van der Waals surface area contributed by atoms with Crippen LogP contribution in [0.25, 0.3) is 0 Å². The Morgan fingerprint density at radius 1 is 1.38 bits per heavy atom. The number of rotatable bonds is 3. The van der Waals surface area contributed by atoms with Crippen molar-refractivity contribution in [1.29, 1.82) is 0 Å². The minimum absolute atomic E-state index is 0.110. The number of ether oxygens (including phenoxy) is 1. The highest BCUT2D eigenvalue weighted by molar-refractivity contribution is 8.04. The average Bonchev–Trinajstić information content (AvgIpc) is 2.85. The van der Waals surface area contributed by atoms with E-state index in [1.54, 1.807) is 0 Å². The molecule has 0 radical (unpaired) electrons. The van der Waals surface area contributed by atoms with Gasteiger partial charge in [0, 0.05) is 0 Å². The van der Waals surface area contributed by atoms with Gasteiger partial charge in [-0.1, -0.05) is 0 Å². The maximum atomic E-state index is 11.2. The largest absolute Gasteiger partial charge is 0.612 e. The summed E-state index contributed by atoms with van der Waals surface area (Å²) < 4.78 is 7.33. The van der Waals surface area contributed by atoms with E-state index in [1.165, 1.54) is 0 Å². The van der Waals surface area contributed by atoms with Crippen molar-refractivity contribution in [2.75, 3.05) is 26.3 Å². The van der Waals surface area contributed by atoms with Crippen LogP contribution in [0.2, 0.25) is 0 Å². The van der Waals surface area contributed by atoms with Crippen LogP contribution in [0.5, 0.6) is 0 Å². The zero-order valence-corrected chi connectivity index (χ0v) is 12.7. The zero-order valence-electron chi connectivity index (χ0n) is 11.9. The Kier molecular flexibility index (Phi) is 4.52. The minimum atomic E-state index is -0.573. The lowest BCUT2D eigenvalue weighted by molar-refractivity contribution is -0.547. The van der Waals surface area contributed by atoms with E-state index in [0.29, 0.717) is 13.2 Å². The first-order chi connectivity index (χ1) is 9.81. The first kappa shape index (κ1) is 15.8. The van der Waals surface area contributed by atoms with E-state index in [2.05, 4.69) is 4.58 Å². The molecule has 1 atom stereocenters. The maximum Gasteiger partial charge on any atom is 0.310 e. The Labute approximate surface area is 126 Å². The first-order valence-corrected chi connectivity index (χ1v) is 7.41. The van der Waals surface area contributed by atoms with Crippen molar-refractivity contribution in [1.82, 2.24) is 0 Å². The molecular formula is C12H17N3O5S. The fraction of sp³-hybridized carbons (Fsp3) is 0.667. The highest BCUT2D eigenvalue weighted by Crippen LogP contribution is 2.40. The van der Waals surface area contributed by atoms with E-state index in [1.807, 2.05) is 20.1 Å². The number of nitro groups is 1. The van der Waals surface area contributed by atoms with Crippen LogP contribution in [0.15, 0.2) is 11.1 Å². The Balaban J connectivity index is 2.27. The van der Waals surface area contributed by atoms with E-state index in [9.17, 15) is 20.5 Å². The minimum Gasteiger partial charge on any atom is -0.612 e. The SMILES string of the molecule is CC(C)(C=[N+]1CCOCC1)C1SC([N+](=O)[O-])=CC1=[N+]([O-])[O-]. The average molecular weight is 315 g/mol. The highest BCUT2D eigenvalue weighted by Gasteiger charge is 2.47. The van der Waals surface area contributed by atoms with Gasteiger partial charge in [0.15, 0.2) is 13.1 Å². The molecule has 1 unspecified atom stereocenters. The summed E-state index contributed by atoms with van der Waals surface area (Å²) in [5.41, 5.74) is -0.681. The number of hydrogen-bond donors (Lipinski definition) is 0. The summed E-state index contributed by atoms with van der Waals surface area (Å²) in [6.07, 6.45) is 3.01. The van der Waals surface area contributed by atoms with E-state index in [-0.39, 0.29) is 10.7 Å². The summed E-state index contributed by atoms with van der Waals surface area (Å²) in [4.78, 5) is 9.78. The molecule has 21 heavy (non-hydrogen) atoms. The van der Waals surface area contributed by atoms with Gasteiger partial charge in [0.1, 0.15) is 24.7 Å². The Hall–Kier alpha value is -1.61. The van der Waals surface area contributed by atoms with Gasteiger partial charge in [-0.25, -0.2) is 4.58 Å². The van der Waals surface area contributed by atoms with Gasteiger partial charge >= 0.3 is 5.03 Å². The molecule has 0 aromatic carbocycles. The van der Waals surface area contributed by atoms with E-state index in [0.717, 1.165) is 30.9 Å². The van der Waals surface area contributed by atoms with Gasteiger partial charge < -0.3 is 15.2 Å². The van der Waals surface area contributed by atoms with Gasteiger partial charge in [0.25, 0.3) is 0 Å². The topological polar surface area (TPSA) is 105 Å². The Morgan fingerprint density at radius 2 is 2.00 bits per heavy atom. The second-order valence-corrected chi connectivity index (χ2v) is 6.64. The van der Waals surface area contributed by atoms with E-state index < -0.39 is 20.5 Å². The van der Waals surface area contributed by atoms with Crippen molar-refractivity contribution in [2.24, 2.45) is 5.41 Å². The van der Waals surface area contributed by atoms with Crippen molar-refractivity contribution in [3.8, 4) is 0 Å². The third kappa shape index (κ3) is 3.53. The summed E-state index contributed by atoms with van der Waals surface area (Å²) in [5.74, 6) is 0. The molecular weight excluding hydrogens is 298 g/mol. The molecule has 1 saturated heterocycles. The third-order valence-electron chi connectivity index (χ3n) is 3.41. The molecule has 0 amide bonds. The number of thioether (sulfide) groups is 1. The summed E-state index contributed by atoms with van der Waals surface area (Å²) >= 11 is 0.945. The van der Waals surface area contributed by atoms with Crippen LogP contribution in [0.1, 0.15) is 13.8 Å². The fourth-order valence-corrected chi connectivity index (χ4v) is 3.60. The van der Waals surface area contributed by atoms with E-state index in [4.69, 9.17) is 4.74 Å². The van der Waals surface area contributed by atoms with Crippen LogP contribution in [0.3, 0.4) is 0 Å². The molecule has 0 spiro atoms. The van der Waals surface area contributed by atoms with Gasteiger partial charge in [-0.2, -0.15) is 4.90 Å². The summed E-state index contributed by atoms with van der Waals surface area (Å²) in [5, 5.41) is 32.5. The molecule has 0 bridgehead atoms. The highest BCUT2D eigenvalue weighted by atomic mass is 32.2. The number of hydrogen-bond acceptors (Lipinski definition) is 6. The van der Waals surface area contributed by atoms with Crippen LogP contribution < -0.4 is 0 Å². The molecule has 0 aromatic heterocycles. The lowest BCUT2D eigenvalue weighted by atomic mass is 9.87. The van der Waals surface area contributed by atoms with Gasteiger partial charge in [0.2, 0.25) is 5.71 Å².